The van der Waals surface area contributed by atoms with Gasteiger partial charge in [0.25, 0.3) is 0 Å². The van der Waals surface area contributed by atoms with Gasteiger partial charge in [-0.25, -0.2) is 0 Å². The maximum atomic E-state index is 3.79. The van der Waals surface area contributed by atoms with Crippen LogP contribution in [0.3, 0.4) is 0 Å². The van der Waals surface area contributed by atoms with Gasteiger partial charge in [0, 0.05) is 24.7 Å². The zero-order valence-electron chi connectivity index (χ0n) is 10.0. The summed E-state index contributed by atoms with van der Waals surface area (Å²) in [6.45, 7) is 11.8. The minimum absolute atomic E-state index is 0.575. The third-order valence-corrected chi connectivity index (χ3v) is 3.90. The molecular weight excluding hydrogens is 172 g/mol. The number of likely N-dealkylation sites (tertiary alicyclic amines) is 1. The van der Waals surface area contributed by atoms with Crippen molar-refractivity contribution in [2.45, 2.75) is 58.7 Å². The Hall–Kier alpha value is -0.0800. The topological polar surface area (TPSA) is 15.3 Å². The SMILES string of the molecule is CC(C)N1CC[C@H](NC2CC2(C)C)C1. The Morgan fingerprint density at radius 2 is 2.00 bits per heavy atom. The molecule has 0 spiro atoms. The fraction of sp³-hybridized carbons (Fsp3) is 1.00. The van der Waals surface area contributed by atoms with Gasteiger partial charge in [0.2, 0.25) is 0 Å². The summed E-state index contributed by atoms with van der Waals surface area (Å²) < 4.78 is 0. The molecule has 0 bridgehead atoms. The van der Waals surface area contributed by atoms with Crippen molar-refractivity contribution in [1.29, 1.82) is 0 Å². The zero-order chi connectivity index (χ0) is 10.3. The molecule has 1 aliphatic heterocycles. The summed E-state index contributed by atoms with van der Waals surface area (Å²) >= 11 is 0. The van der Waals surface area contributed by atoms with Gasteiger partial charge in [0.05, 0.1) is 0 Å². The van der Waals surface area contributed by atoms with Crippen LogP contribution in [0.1, 0.15) is 40.5 Å². The molecule has 1 N–H and O–H groups in total. The molecule has 2 aliphatic rings. The third kappa shape index (κ3) is 2.12. The average Bonchev–Trinajstić information content (AvgIpc) is 2.51. The van der Waals surface area contributed by atoms with Gasteiger partial charge in [-0.3, -0.25) is 4.90 Å². The van der Waals surface area contributed by atoms with Crippen LogP contribution in [0.4, 0.5) is 0 Å². The molecule has 2 fully saturated rings. The summed E-state index contributed by atoms with van der Waals surface area (Å²) in [5.41, 5.74) is 0.575. The minimum atomic E-state index is 0.575. The first kappa shape index (κ1) is 10.4. The Bertz CT molecular complexity index is 210. The molecular formula is C12H24N2. The number of hydrogen-bond donors (Lipinski definition) is 1. The van der Waals surface area contributed by atoms with Crippen molar-refractivity contribution < 1.29 is 0 Å². The monoisotopic (exact) mass is 196 g/mol. The van der Waals surface area contributed by atoms with Crippen LogP contribution in [0.25, 0.3) is 0 Å². The minimum Gasteiger partial charge on any atom is -0.309 e. The second-order valence-corrected chi connectivity index (χ2v) is 5.99. The lowest BCUT2D eigenvalue weighted by molar-refractivity contribution is 0.267. The largest absolute Gasteiger partial charge is 0.309 e. The molecule has 1 unspecified atom stereocenters. The molecule has 0 radical (unpaired) electrons. The van der Waals surface area contributed by atoms with Crippen molar-refractivity contribution >= 4 is 0 Å². The normalized spacial score (nSPS) is 36.6. The van der Waals surface area contributed by atoms with E-state index in [0.29, 0.717) is 11.5 Å². The van der Waals surface area contributed by atoms with Crippen LogP contribution in [0, 0.1) is 5.41 Å². The second kappa shape index (κ2) is 3.49. The van der Waals surface area contributed by atoms with Crippen LogP contribution >= 0.6 is 0 Å². The molecule has 0 aromatic heterocycles. The molecule has 1 saturated carbocycles. The molecule has 1 aliphatic carbocycles. The fourth-order valence-corrected chi connectivity index (χ4v) is 2.43. The number of hydrogen-bond acceptors (Lipinski definition) is 2. The van der Waals surface area contributed by atoms with Crippen molar-refractivity contribution in [2.75, 3.05) is 13.1 Å². The predicted molar refractivity (Wildman–Crippen MR) is 60.4 cm³/mol. The summed E-state index contributed by atoms with van der Waals surface area (Å²) in [6.07, 6.45) is 2.70. The Labute approximate surface area is 88.1 Å². The Morgan fingerprint density at radius 3 is 2.43 bits per heavy atom. The third-order valence-electron chi connectivity index (χ3n) is 3.90. The van der Waals surface area contributed by atoms with Crippen LogP contribution in [0.2, 0.25) is 0 Å². The van der Waals surface area contributed by atoms with Crippen LogP contribution in [0.15, 0.2) is 0 Å². The highest BCUT2D eigenvalue weighted by molar-refractivity contribution is 5.03. The van der Waals surface area contributed by atoms with Gasteiger partial charge in [0.15, 0.2) is 0 Å². The molecule has 0 amide bonds. The average molecular weight is 196 g/mol. The van der Waals surface area contributed by atoms with Gasteiger partial charge in [-0.05, 0) is 38.6 Å². The van der Waals surface area contributed by atoms with E-state index in [1.807, 2.05) is 0 Å². The molecule has 1 heterocycles. The Balaban J connectivity index is 1.75. The van der Waals surface area contributed by atoms with Crippen molar-refractivity contribution in [2.24, 2.45) is 5.41 Å². The first-order valence-electron chi connectivity index (χ1n) is 5.99. The van der Waals surface area contributed by atoms with Crippen molar-refractivity contribution in [3.05, 3.63) is 0 Å². The molecule has 0 aromatic rings. The number of rotatable bonds is 3. The highest BCUT2D eigenvalue weighted by Crippen LogP contribution is 2.45. The van der Waals surface area contributed by atoms with Crippen LogP contribution in [-0.2, 0) is 0 Å². The van der Waals surface area contributed by atoms with Crippen LogP contribution < -0.4 is 5.32 Å². The van der Waals surface area contributed by atoms with E-state index in [-0.39, 0.29) is 0 Å². The lowest BCUT2D eigenvalue weighted by Crippen LogP contribution is -2.37. The van der Waals surface area contributed by atoms with Gasteiger partial charge >= 0.3 is 0 Å². The van der Waals surface area contributed by atoms with Crippen molar-refractivity contribution in [3.8, 4) is 0 Å². The Morgan fingerprint density at radius 1 is 1.36 bits per heavy atom. The molecule has 2 atom stereocenters. The fourth-order valence-electron chi connectivity index (χ4n) is 2.43. The lowest BCUT2D eigenvalue weighted by atomic mass is 10.1. The molecule has 2 rings (SSSR count). The second-order valence-electron chi connectivity index (χ2n) is 5.99. The first-order chi connectivity index (χ1) is 6.49. The molecule has 14 heavy (non-hydrogen) atoms. The summed E-state index contributed by atoms with van der Waals surface area (Å²) in [5, 5.41) is 3.79. The van der Waals surface area contributed by atoms with Crippen LogP contribution in [0.5, 0.6) is 0 Å². The Kier molecular flexibility index (Phi) is 2.61. The maximum absolute atomic E-state index is 3.79. The van der Waals surface area contributed by atoms with Gasteiger partial charge < -0.3 is 5.32 Å². The summed E-state index contributed by atoms with van der Waals surface area (Å²) in [6, 6.07) is 2.26. The smallest absolute Gasteiger partial charge is 0.0210 e. The molecule has 1 saturated heterocycles. The highest BCUT2D eigenvalue weighted by Gasteiger charge is 2.46. The number of nitrogens with zero attached hydrogens (tertiary/aromatic N) is 1. The molecule has 2 nitrogen and oxygen atoms in total. The van der Waals surface area contributed by atoms with Gasteiger partial charge in [-0.1, -0.05) is 13.8 Å². The van der Waals surface area contributed by atoms with E-state index in [1.165, 1.54) is 25.9 Å². The molecule has 2 heteroatoms. The van der Waals surface area contributed by atoms with E-state index >= 15 is 0 Å². The van der Waals surface area contributed by atoms with Gasteiger partial charge in [-0.15, -0.1) is 0 Å². The quantitative estimate of drug-likeness (QED) is 0.741. The summed E-state index contributed by atoms with van der Waals surface area (Å²) in [4.78, 5) is 2.58. The zero-order valence-corrected chi connectivity index (χ0v) is 10.0. The summed E-state index contributed by atoms with van der Waals surface area (Å²) in [7, 11) is 0. The lowest BCUT2D eigenvalue weighted by Gasteiger charge is -2.20. The van der Waals surface area contributed by atoms with Gasteiger partial charge in [-0.2, -0.15) is 0 Å². The standard InChI is InChI=1S/C12H24N2/c1-9(2)14-6-5-10(8-14)13-11-7-12(11,3)4/h9-11,13H,5-8H2,1-4H3/t10-,11?/m0/s1. The molecule has 0 aromatic carbocycles. The van der Waals surface area contributed by atoms with Crippen molar-refractivity contribution in [1.82, 2.24) is 10.2 Å². The predicted octanol–water partition coefficient (Wildman–Crippen LogP) is 1.86. The van der Waals surface area contributed by atoms with Crippen molar-refractivity contribution in [3.63, 3.8) is 0 Å². The van der Waals surface area contributed by atoms with E-state index in [1.54, 1.807) is 0 Å². The van der Waals surface area contributed by atoms with E-state index in [9.17, 15) is 0 Å². The van der Waals surface area contributed by atoms with E-state index in [2.05, 4.69) is 37.9 Å². The molecule has 82 valence electrons. The van der Waals surface area contributed by atoms with E-state index in [4.69, 9.17) is 0 Å². The first-order valence-corrected chi connectivity index (χ1v) is 5.99. The van der Waals surface area contributed by atoms with Crippen LogP contribution in [-0.4, -0.2) is 36.1 Å². The number of nitrogens with one attached hydrogen (secondary N) is 1. The summed E-state index contributed by atoms with van der Waals surface area (Å²) in [5.74, 6) is 0. The maximum Gasteiger partial charge on any atom is 0.0210 e. The highest BCUT2D eigenvalue weighted by atomic mass is 15.2. The van der Waals surface area contributed by atoms with E-state index < -0.39 is 0 Å². The van der Waals surface area contributed by atoms with Gasteiger partial charge in [0.1, 0.15) is 0 Å². The van der Waals surface area contributed by atoms with E-state index in [0.717, 1.165) is 12.1 Å².